The highest BCUT2D eigenvalue weighted by molar-refractivity contribution is 4.64. The van der Waals surface area contributed by atoms with E-state index < -0.39 is 12.3 Å². The summed E-state index contributed by atoms with van der Waals surface area (Å²) < 4.78 is 35.5. The van der Waals surface area contributed by atoms with Gasteiger partial charge in [-0.2, -0.15) is 13.2 Å². The smallest absolute Gasteiger partial charge is 0.384 e. The fraction of sp³-hybridized carbons (Fsp3) is 1.00. The molecular formula is C10H19F3O. The standard InChI is InChI=1S/C10H19F3O/c1-2-3-4-5-6-7-8-9(14)10(11,12)13/h9,14H,2-8H2,1H3/t9-/m0/s1. The van der Waals surface area contributed by atoms with Crippen LogP contribution < -0.4 is 0 Å². The van der Waals surface area contributed by atoms with Crippen molar-refractivity contribution >= 4 is 0 Å². The lowest BCUT2D eigenvalue weighted by atomic mass is 10.1. The molecular weight excluding hydrogens is 193 g/mol. The molecule has 1 N–H and O–H groups in total. The Hall–Kier alpha value is -0.250. The van der Waals surface area contributed by atoms with E-state index in [1.807, 2.05) is 0 Å². The van der Waals surface area contributed by atoms with Crippen molar-refractivity contribution in [2.45, 2.75) is 64.1 Å². The summed E-state index contributed by atoms with van der Waals surface area (Å²) in [5, 5.41) is 8.66. The molecule has 0 aliphatic heterocycles. The van der Waals surface area contributed by atoms with Crippen LogP contribution in [-0.2, 0) is 0 Å². The van der Waals surface area contributed by atoms with Gasteiger partial charge < -0.3 is 5.11 Å². The van der Waals surface area contributed by atoms with Gasteiger partial charge in [0.25, 0.3) is 0 Å². The second-order valence-corrected chi connectivity index (χ2v) is 3.61. The van der Waals surface area contributed by atoms with Crippen LogP contribution in [-0.4, -0.2) is 17.4 Å². The zero-order valence-corrected chi connectivity index (χ0v) is 8.61. The third-order valence-electron chi connectivity index (χ3n) is 2.21. The Morgan fingerprint density at radius 2 is 1.50 bits per heavy atom. The molecule has 0 rings (SSSR count). The van der Waals surface area contributed by atoms with Gasteiger partial charge in [0.2, 0.25) is 0 Å². The first-order valence-electron chi connectivity index (χ1n) is 5.23. The second-order valence-electron chi connectivity index (χ2n) is 3.61. The van der Waals surface area contributed by atoms with Gasteiger partial charge in [-0.15, -0.1) is 0 Å². The lowest BCUT2D eigenvalue weighted by Gasteiger charge is -2.13. The van der Waals surface area contributed by atoms with E-state index in [9.17, 15) is 13.2 Å². The van der Waals surface area contributed by atoms with E-state index in [2.05, 4.69) is 6.92 Å². The van der Waals surface area contributed by atoms with E-state index in [1.54, 1.807) is 0 Å². The molecule has 0 aromatic rings. The summed E-state index contributed by atoms with van der Waals surface area (Å²) in [6, 6.07) is 0. The van der Waals surface area contributed by atoms with E-state index in [-0.39, 0.29) is 6.42 Å². The van der Waals surface area contributed by atoms with Crippen LogP contribution in [0, 0.1) is 0 Å². The highest BCUT2D eigenvalue weighted by atomic mass is 19.4. The topological polar surface area (TPSA) is 20.2 Å². The Balaban J connectivity index is 3.28. The summed E-state index contributed by atoms with van der Waals surface area (Å²) in [5.74, 6) is 0. The van der Waals surface area contributed by atoms with Gasteiger partial charge in [0.1, 0.15) is 6.10 Å². The number of alkyl halides is 3. The zero-order chi connectivity index (χ0) is 11.0. The van der Waals surface area contributed by atoms with Gasteiger partial charge in [0, 0.05) is 0 Å². The molecule has 0 amide bonds. The Kier molecular flexibility index (Phi) is 6.97. The first-order chi connectivity index (χ1) is 6.48. The molecule has 0 spiro atoms. The predicted octanol–water partition coefficient (Wildman–Crippen LogP) is 3.66. The van der Waals surface area contributed by atoms with Crippen molar-refractivity contribution in [3.63, 3.8) is 0 Å². The first kappa shape index (κ1) is 13.8. The Morgan fingerprint density at radius 3 is 2.00 bits per heavy atom. The van der Waals surface area contributed by atoms with Crippen LogP contribution in [0.25, 0.3) is 0 Å². The first-order valence-corrected chi connectivity index (χ1v) is 5.23. The molecule has 1 nitrogen and oxygen atoms in total. The van der Waals surface area contributed by atoms with Gasteiger partial charge in [0.05, 0.1) is 0 Å². The van der Waals surface area contributed by atoms with E-state index in [0.29, 0.717) is 6.42 Å². The normalized spacial score (nSPS) is 14.4. The summed E-state index contributed by atoms with van der Waals surface area (Å²) in [6.45, 7) is 2.09. The molecule has 0 saturated carbocycles. The van der Waals surface area contributed by atoms with Crippen molar-refractivity contribution in [3.8, 4) is 0 Å². The fourth-order valence-electron chi connectivity index (χ4n) is 1.28. The number of aliphatic hydroxyl groups excluding tert-OH is 1. The summed E-state index contributed by atoms with van der Waals surface area (Å²) >= 11 is 0. The number of unbranched alkanes of at least 4 members (excludes halogenated alkanes) is 5. The van der Waals surface area contributed by atoms with Crippen LogP contribution in [0.15, 0.2) is 0 Å². The highest BCUT2D eigenvalue weighted by Crippen LogP contribution is 2.24. The number of halogens is 3. The Labute approximate surface area is 83.3 Å². The molecule has 1 atom stereocenters. The summed E-state index contributed by atoms with van der Waals surface area (Å²) in [6.07, 6.45) is -1.16. The minimum atomic E-state index is -4.44. The van der Waals surface area contributed by atoms with Crippen LogP contribution in [0.4, 0.5) is 13.2 Å². The quantitative estimate of drug-likeness (QED) is 0.638. The van der Waals surface area contributed by atoms with Crippen LogP contribution in [0.2, 0.25) is 0 Å². The molecule has 14 heavy (non-hydrogen) atoms. The molecule has 0 aromatic carbocycles. The third kappa shape index (κ3) is 7.18. The number of aliphatic hydroxyl groups is 1. The average Bonchev–Trinajstić information content (AvgIpc) is 2.09. The fourth-order valence-corrected chi connectivity index (χ4v) is 1.28. The van der Waals surface area contributed by atoms with E-state index in [4.69, 9.17) is 5.11 Å². The third-order valence-corrected chi connectivity index (χ3v) is 2.21. The minimum absolute atomic E-state index is 0.157. The monoisotopic (exact) mass is 212 g/mol. The lowest BCUT2D eigenvalue weighted by Crippen LogP contribution is -2.28. The van der Waals surface area contributed by atoms with Crippen LogP contribution in [0.1, 0.15) is 51.9 Å². The predicted molar refractivity (Wildman–Crippen MR) is 50.1 cm³/mol. The van der Waals surface area contributed by atoms with Crippen molar-refractivity contribution < 1.29 is 18.3 Å². The second kappa shape index (κ2) is 7.10. The highest BCUT2D eigenvalue weighted by Gasteiger charge is 2.37. The van der Waals surface area contributed by atoms with Gasteiger partial charge in [-0.25, -0.2) is 0 Å². The van der Waals surface area contributed by atoms with Crippen molar-refractivity contribution in [2.75, 3.05) is 0 Å². The van der Waals surface area contributed by atoms with Gasteiger partial charge in [-0.05, 0) is 6.42 Å². The summed E-state index contributed by atoms with van der Waals surface area (Å²) in [5.41, 5.74) is 0. The van der Waals surface area contributed by atoms with Gasteiger partial charge >= 0.3 is 6.18 Å². The zero-order valence-electron chi connectivity index (χ0n) is 8.61. The van der Waals surface area contributed by atoms with E-state index in [1.165, 1.54) is 0 Å². The van der Waals surface area contributed by atoms with Crippen molar-refractivity contribution in [1.29, 1.82) is 0 Å². The summed E-state index contributed by atoms with van der Waals surface area (Å²) in [7, 11) is 0. The van der Waals surface area contributed by atoms with Gasteiger partial charge in [-0.1, -0.05) is 45.4 Å². The number of hydrogen-bond donors (Lipinski definition) is 1. The number of rotatable bonds is 7. The molecule has 86 valence electrons. The lowest BCUT2D eigenvalue weighted by molar-refractivity contribution is -0.205. The van der Waals surface area contributed by atoms with Crippen molar-refractivity contribution in [3.05, 3.63) is 0 Å². The van der Waals surface area contributed by atoms with Crippen molar-refractivity contribution in [1.82, 2.24) is 0 Å². The largest absolute Gasteiger partial charge is 0.414 e. The maximum absolute atomic E-state index is 11.8. The Morgan fingerprint density at radius 1 is 1.00 bits per heavy atom. The maximum Gasteiger partial charge on any atom is 0.414 e. The molecule has 0 aliphatic carbocycles. The minimum Gasteiger partial charge on any atom is -0.384 e. The van der Waals surface area contributed by atoms with Gasteiger partial charge in [0.15, 0.2) is 0 Å². The SMILES string of the molecule is CCCCCCCC[C@H](O)C(F)(F)F. The van der Waals surface area contributed by atoms with Crippen LogP contribution >= 0.6 is 0 Å². The molecule has 4 heteroatoms. The molecule has 0 radical (unpaired) electrons. The average molecular weight is 212 g/mol. The molecule has 0 aromatic heterocycles. The molecule has 0 bridgehead atoms. The van der Waals surface area contributed by atoms with E-state index in [0.717, 1.165) is 32.1 Å². The Bertz CT molecular complexity index is 134. The maximum atomic E-state index is 11.8. The van der Waals surface area contributed by atoms with Crippen LogP contribution in [0.5, 0.6) is 0 Å². The van der Waals surface area contributed by atoms with Gasteiger partial charge in [-0.3, -0.25) is 0 Å². The van der Waals surface area contributed by atoms with Crippen molar-refractivity contribution in [2.24, 2.45) is 0 Å². The summed E-state index contributed by atoms with van der Waals surface area (Å²) in [4.78, 5) is 0. The molecule has 0 fully saturated rings. The molecule has 0 aliphatic rings. The van der Waals surface area contributed by atoms with E-state index >= 15 is 0 Å². The number of hydrogen-bond acceptors (Lipinski definition) is 1. The molecule has 0 saturated heterocycles. The molecule has 0 unspecified atom stereocenters. The molecule has 0 heterocycles. The van der Waals surface area contributed by atoms with Crippen LogP contribution in [0.3, 0.4) is 0 Å².